The van der Waals surface area contributed by atoms with Crippen molar-refractivity contribution in [3.63, 3.8) is 0 Å². The molecule has 0 heterocycles. The van der Waals surface area contributed by atoms with Gasteiger partial charge in [0, 0.05) is 17.2 Å². The summed E-state index contributed by atoms with van der Waals surface area (Å²) in [7, 11) is 0. The zero-order valence-corrected chi connectivity index (χ0v) is 12.6. The zero-order chi connectivity index (χ0) is 15.1. The van der Waals surface area contributed by atoms with Crippen LogP contribution in [0, 0.1) is 17.8 Å². The standard InChI is InChI=1S/C18H23NO2/c1-2-14-6-4-10-17(13-14)19-18(21)16-9-3-7-15(12-16)8-5-11-20/h3,7,9,12,14,17,20H,2,4,6,10-11,13H2,1H3,(H,19,21). The maximum Gasteiger partial charge on any atom is 0.251 e. The summed E-state index contributed by atoms with van der Waals surface area (Å²) >= 11 is 0. The van der Waals surface area contributed by atoms with Crippen molar-refractivity contribution in [2.45, 2.75) is 45.1 Å². The number of rotatable bonds is 3. The molecule has 0 radical (unpaired) electrons. The molecular formula is C18H23NO2. The maximum atomic E-state index is 12.3. The summed E-state index contributed by atoms with van der Waals surface area (Å²) in [6.07, 6.45) is 5.84. The Labute approximate surface area is 126 Å². The predicted molar refractivity (Wildman–Crippen MR) is 83.9 cm³/mol. The van der Waals surface area contributed by atoms with Crippen LogP contribution in [-0.2, 0) is 0 Å². The highest BCUT2D eigenvalue weighted by molar-refractivity contribution is 5.94. The van der Waals surface area contributed by atoms with Gasteiger partial charge in [-0.05, 0) is 37.0 Å². The fraction of sp³-hybridized carbons (Fsp3) is 0.500. The number of nitrogens with one attached hydrogen (secondary N) is 1. The van der Waals surface area contributed by atoms with Gasteiger partial charge in [-0.15, -0.1) is 0 Å². The van der Waals surface area contributed by atoms with Crippen molar-refractivity contribution in [1.82, 2.24) is 5.32 Å². The minimum absolute atomic E-state index is 0.0237. The molecule has 0 saturated heterocycles. The van der Waals surface area contributed by atoms with Crippen LogP contribution >= 0.6 is 0 Å². The van der Waals surface area contributed by atoms with E-state index in [1.165, 1.54) is 19.3 Å². The Morgan fingerprint density at radius 2 is 2.29 bits per heavy atom. The molecular weight excluding hydrogens is 262 g/mol. The van der Waals surface area contributed by atoms with Crippen LogP contribution in [-0.4, -0.2) is 23.7 Å². The molecule has 1 aromatic carbocycles. The van der Waals surface area contributed by atoms with E-state index >= 15 is 0 Å². The molecule has 3 heteroatoms. The van der Waals surface area contributed by atoms with Gasteiger partial charge in [-0.25, -0.2) is 0 Å². The molecule has 1 amide bonds. The van der Waals surface area contributed by atoms with E-state index in [2.05, 4.69) is 24.1 Å². The number of benzene rings is 1. The first-order chi connectivity index (χ1) is 10.2. The van der Waals surface area contributed by atoms with Crippen LogP contribution in [0.1, 0.15) is 54.9 Å². The van der Waals surface area contributed by atoms with Gasteiger partial charge < -0.3 is 10.4 Å². The first-order valence-corrected chi connectivity index (χ1v) is 7.73. The van der Waals surface area contributed by atoms with E-state index in [1.54, 1.807) is 12.1 Å². The largest absolute Gasteiger partial charge is 0.384 e. The number of aliphatic hydroxyl groups excluding tert-OH is 1. The van der Waals surface area contributed by atoms with Gasteiger partial charge in [-0.3, -0.25) is 4.79 Å². The summed E-state index contributed by atoms with van der Waals surface area (Å²) in [5, 5.41) is 11.9. The molecule has 21 heavy (non-hydrogen) atoms. The molecule has 0 bridgehead atoms. The second-order valence-corrected chi connectivity index (χ2v) is 5.65. The van der Waals surface area contributed by atoms with Gasteiger partial charge in [0.15, 0.2) is 0 Å². The molecule has 0 aromatic heterocycles. The summed E-state index contributed by atoms with van der Waals surface area (Å²) in [6, 6.07) is 7.54. The lowest BCUT2D eigenvalue weighted by Gasteiger charge is -2.29. The number of hydrogen-bond donors (Lipinski definition) is 2. The number of carbonyl (C=O) groups excluding carboxylic acids is 1. The topological polar surface area (TPSA) is 49.3 Å². The van der Waals surface area contributed by atoms with Crippen molar-refractivity contribution >= 4 is 5.91 Å². The number of aliphatic hydroxyl groups is 1. The average molecular weight is 285 g/mol. The molecule has 3 nitrogen and oxygen atoms in total. The third-order valence-corrected chi connectivity index (χ3v) is 4.13. The number of amides is 1. The molecule has 1 aromatic rings. The molecule has 112 valence electrons. The fourth-order valence-corrected chi connectivity index (χ4v) is 2.94. The van der Waals surface area contributed by atoms with Crippen LogP contribution in [0.5, 0.6) is 0 Å². The summed E-state index contributed by atoms with van der Waals surface area (Å²) in [6.45, 7) is 2.05. The third kappa shape index (κ3) is 4.61. The summed E-state index contributed by atoms with van der Waals surface area (Å²) in [4.78, 5) is 12.3. The first-order valence-electron chi connectivity index (χ1n) is 7.73. The third-order valence-electron chi connectivity index (χ3n) is 4.13. The van der Waals surface area contributed by atoms with Gasteiger partial charge in [0.25, 0.3) is 5.91 Å². The minimum atomic E-state index is -0.170. The Hall–Kier alpha value is -1.79. The minimum Gasteiger partial charge on any atom is -0.384 e. The Morgan fingerprint density at radius 1 is 1.43 bits per heavy atom. The number of hydrogen-bond acceptors (Lipinski definition) is 2. The molecule has 2 N–H and O–H groups in total. The van der Waals surface area contributed by atoms with Crippen LogP contribution in [0.25, 0.3) is 0 Å². The van der Waals surface area contributed by atoms with Gasteiger partial charge in [0.2, 0.25) is 0 Å². The second kappa shape index (κ2) is 7.85. The SMILES string of the molecule is CCC1CCCC(NC(=O)c2cccc(C#CCO)c2)C1. The van der Waals surface area contributed by atoms with E-state index in [0.717, 1.165) is 24.3 Å². The van der Waals surface area contributed by atoms with Gasteiger partial charge in [-0.1, -0.05) is 44.1 Å². The highest BCUT2D eigenvalue weighted by Crippen LogP contribution is 2.26. The quantitative estimate of drug-likeness (QED) is 0.839. The van der Waals surface area contributed by atoms with Crippen LogP contribution in [0.3, 0.4) is 0 Å². The van der Waals surface area contributed by atoms with E-state index in [1.807, 2.05) is 12.1 Å². The highest BCUT2D eigenvalue weighted by Gasteiger charge is 2.22. The average Bonchev–Trinajstić information content (AvgIpc) is 2.53. The second-order valence-electron chi connectivity index (χ2n) is 5.65. The Kier molecular flexibility index (Phi) is 5.83. The van der Waals surface area contributed by atoms with Crippen LogP contribution in [0.4, 0.5) is 0 Å². The number of carbonyl (C=O) groups is 1. The lowest BCUT2D eigenvalue weighted by atomic mass is 9.84. The lowest BCUT2D eigenvalue weighted by Crippen LogP contribution is -2.38. The van der Waals surface area contributed by atoms with E-state index in [-0.39, 0.29) is 12.5 Å². The summed E-state index contributed by atoms with van der Waals surface area (Å²) in [5.74, 6) is 6.15. The van der Waals surface area contributed by atoms with Gasteiger partial charge in [-0.2, -0.15) is 0 Å². The van der Waals surface area contributed by atoms with Crippen LogP contribution in [0.15, 0.2) is 24.3 Å². The monoisotopic (exact) mass is 285 g/mol. The molecule has 2 rings (SSSR count). The van der Waals surface area contributed by atoms with E-state index < -0.39 is 0 Å². The Morgan fingerprint density at radius 3 is 3.05 bits per heavy atom. The Bertz CT molecular complexity index is 542. The molecule has 0 spiro atoms. The van der Waals surface area contributed by atoms with E-state index in [9.17, 15) is 4.79 Å². The fourth-order valence-electron chi connectivity index (χ4n) is 2.94. The predicted octanol–water partition coefficient (Wildman–Crippen LogP) is 2.73. The van der Waals surface area contributed by atoms with Crippen molar-refractivity contribution in [3.05, 3.63) is 35.4 Å². The summed E-state index contributed by atoms with van der Waals surface area (Å²) < 4.78 is 0. The zero-order valence-electron chi connectivity index (χ0n) is 12.6. The smallest absolute Gasteiger partial charge is 0.251 e. The highest BCUT2D eigenvalue weighted by atomic mass is 16.2. The van der Waals surface area contributed by atoms with Crippen molar-refractivity contribution in [3.8, 4) is 11.8 Å². The van der Waals surface area contributed by atoms with Gasteiger partial charge in [0.05, 0.1) is 0 Å². The van der Waals surface area contributed by atoms with Crippen molar-refractivity contribution < 1.29 is 9.90 Å². The Balaban J connectivity index is 1.99. The first kappa shape index (κ1) is 15.6. The summed E-state index contributed by atoms with van der Waals surface area (Å²) in [5.41, 5.74) is 1.39. The normalized spacial score (nSPS) is 21.2. The van der Waals surface area contributed by atoms with Crippen molar-refractivity contribution in [2.24, 2.45) is 5.92 Å². The maximum absolute atomic E-state index is 12.3. The molecule has 1 aliphatic carbocycles. The van der Waals surface area contributed by atoms with E-state index in [4.69, 9.17) is 5.11 Å². The van der Waals surface area contributed by atoms with Gasteiger partial charge in [0.1, 0.15) is 6.61 Å². The molecule has 2 atom stereocenters. The van der Waals surface area contributed by atoms with Crippen LogP contribution < -0.4 is 5.32 Å². The molecule has 1 fully saturated rings. The van der Waals surface area contributed by atoms with Crippen LogP contribution in [0.2, 0.25) is 0 Å². The van der Waals surface area contributed by atoms with Gasteiger partial charge >= 0.3 is 0 Å². The molecule has 1 saturated carbocycles. The van der Waals surface area contributed by atoms with Crippen molar-refractivity contribution in [1.29, 1.82) is 0 Å². The van der Waals surface area contributed by atoms with E-state index in [0.29, 0.717) is 11.6 Å². The molecule has 1 aliphatic rings. The van der Waals surface area contributed by atoms with Crippen molar-refractivity contribution in [2.75, 3.05) is 6.61 Å². The molecule has 0 aliphatic heterocycles. The molecule has 2 unspecified atom stereocenters. The lowest BCUT2D eigenvalue weighted by molar-refractivity contribution is 0.0919.